The van der Waals surface area contributed by atoms with Gasteiger partial charge in [0.25, 0.3) is 0 Å². The predicted octanol–water partition coefficient (Wildman–Crippen LogP) is 5.79. The Balaban J connectivity index is 1.68. The lowest BCUT2D eigenvalue weighted by molar-refractivity contribution is -0.274. The fraction of sp³-hybridized carbons (Fsp3) is 0.182. The number of rotatable bonds is 7. The largest absolute Gasteiger partial charge is 0.573 e. The number of fused-ring (bicyclic) bond motifs is 1. The molecule has 4 aromatic rings. The Kier molecular flexibility index (Phi) is 6.64. The van der Waals surface area contributed by atoms with E-state index >= 15 is 0 Å². The monoisotopic (exact) mass is 493 g/mol. The molecule has 7 nitrogen and oxygen atoms in total. The van der Waals surface area contributed by atoms with Crippen molar-refractivity contribution in [3.8, 4) is 22.9 Å². The third-order valence-corrected chi connectivity index (χ3v) is 4.80. The second-order valence-electron chi connectivity index (χ2n) is 6.88. The number of halogens is 5. The molecule has 34 heavy (non-hydrogen) atoms. The van der Waals surface area contributed by atoms with E-state index in [4.69, 9.17) is 16.3 Å². The molecule has 2 aromatic carbocycles. The molecule has 12 heteroatoms. The summed E-state index contributed by atoms with van der Waals surface area (Å²) in [7, 11) is 0. The second-order valence-corrected chi connectivity index (χ2v) is 7.29. The maximum atomic E-state index is 13.1. The Morgan fingerprint density at radius 3 is 2.50 bits per heavy atom. The molecular weight excluding hydrogens is 478 g/mol. The van der Waals surface area contributed by atoms with Gasteiger partial charge >= 0.3 is 6.36 Å². The normalized spacial score (nSPS) is 11.5. The predicted molar refractivity (Wildman–Crippen MR) is 117 cm³/mol. The van der Waals surface area contributed by atoms with Crippen LogP contribution in [0.3, 0.4) is 0 Å². The van der Waals surface area contributed by atoms with Crippen LogP contribution in [0.4, 0.5) is 23.5 Å². The quantitative estimate of drug-likeness (QED) is 0.326. The molecule has 0 aliphatic rings. The first-order chi connectivity index (χ1) is 16.2. The number of ether oxygens (including phenoxy) is 2. The standard InChI is InChI=1S/C22H16ClF4N5O2/c1-2-33-20-18-19(31-21(32-20)29-10-12-3-5-13(24)6-4-12)28-11-17(30-18)15-9-14(7-8-16(15)23)34-22(25,26)27/h3-9,11H,2,10H2,1H3,(H,28,29,31,32). The van der Waals surface area contributed by atoms with Crippen molar-refractivity contribution in [3.63, 3.8) is 0 Å². The molecule has 0 aliphatic carbocycles. The van der Waals surface area contributed by atoms with Gasteiger partial charge in [0.2, 0.25) is 11.8 Å². The number of nitrogens with zero attached hydrogens (tertiary/aromatic N) is 4. The molecule has 0 amide bonds. The molecule has 2 heterocycles. The third kappa shape index (κ3) is 5.60. The summed E-state index contributed by atoms with van der Waals surface area (Å²) in [4.78, 5) is 17.3. The van der Waals surface area contributed by atoms with Crippen LogP contribution < -0.4 is 14.8 Å². The van der Waals surface area contributed by atoms with Crippen molar-refractivity contribution >= 4 is 28.7 Å². The van der Waals surface area contributed by atoms with E-state index in [0.29, 0.717) is 6.54 Å². The first-order valence-corrected chi connectivity index (χ1v) is 10.3. The number of benzene rings is 2. The van der Waals surface area contributed by atoms with Crippen LogP contribution in [0, 0.1) is 5.82 Å². The molecule has 0 spiro atoms. The molecule has 0 unspecified atom stereocenters. The minimum atomic E-state index is -4.85. The summed E-state index contributed by atoms with van der Waals surface area (Å²) < 4.78 is 60.5. The van der Waals surface area contributed by atoms with Gasteiger partial charge in [-0.05, 0) is 42.8 Å². The van der Waals surface area contributed by atoms with Crippen molar-refractivity contribution < 1.29 is 27.0 Å². The SMILES string of the molecule is CCOc1nc(NCc2ccc(F)cc2)nc2ncc(-c3cc(OC(F)(F)F)ccc3Cl)nc12. The van der Waals surface area contributed by atoms with Gasteiger partial charge in [-0.25, -0.2) is 14.4 Å². The van der Waals surface area contributed by atoms with Gasteiger partial charge in [0.1, 0.15) is 11.6 Å². The highest BCUT2D eigenvalue weighted by Gasteiger charge is 2.31. The first-order valence-electron chi connectivity index (χ1n) is 9.93. The Bertz CT molecular complexity index is 1320. The smallest absolute Gasteiger partial charge is 0.476 e. The summed E-state index contributed by atoms with van der Waals surface area (Å²) in [5.74, 6) is -0.454. The summed E-state index contributed by atoms with van der Waals surface area (Å²) in [5.41, 5.74) is 1.56. The van der Waals surface area contributed by atoms with E-state index in [2.05, 4.69) is 30.0 Å². The van der Waals surface area contributed by atoms with Crippen molar-refractivity contribution in [3.05, 3.63) is 65.1 Å². The van der Waals surface area contributed by atoms with Gasteiger partial charge in [-0.3, -0.25) is 0 Å². The van der Waals surface area contributed by atoms with E-state index in [1.807, 2.05) is 0 Å². The van der Waals surface area contributed by atoms with Crippen LogP contribution in [0.5, 0.6) is 11.6 Å². The van der Waals surface area contributed by atoms with E-state index in [1.54, 1.807) is 19.1 Å². The zero-order chi connectivity index (χ0) is 24.3. The van der Waals surface area contributed by atoms with Crippen LogP contribution in [0.15, 0.2) is 48.7 Å². The molecule has 0 atom stereocenters. The Labute approximate surface area is 195 Å². The third-order valence-electron chi connectivity index (χ3n) is 4.47. The summed E-state index contributed by atoms with van der Waals surface area (Å²) in [6.45, 7) is 2.35. The summed E-state index contributed by atoms with van der Waals surface area (Å²) in [6.07, 6.45) is -3.53. The van der Waals surface area contributed by atoms with E-state index in [9.17, 15) is 17.6 Å². The number of anilines is 1. The highest BCUT2D eigenvalue weighted by molar-refractivity contribution is 6.33. The fourth-order valence-corrected chi connectivity index (χ4v) is 3.22. The van der Waals surface area contributed by atoms with Crippen molar-refractivity contribution in [2.45, 2.75) is 19.8 Å². The lowest BCUT2D eigenvalue weighted by atomic mass is 10.1. The van der Waals surface area contributed by atoms with Crippen LogP contribution >= 0.6 is 11.6 Å². The van der Waals surface area contributed by atoms with Crippen molar-refractivity contribution in [1.29, 1.82) is 0 Å². The minimum absolute atomic E-state index is 0.127. The number of hydrogen-bond donors (Lipinski definition) is 1. The highest BCUT2D eigenvalue weighted by atomic mass is 35.5. The summed E-state index contributed by atoms with van der Waals surface area (Å²) in [6, 6.07) is 9.42. The zero-order valence-corrected chi connectivity index (χ0v) is 18.3. The number of aromatic nitrogens is 4. The maximum absolute atomic E-state index is 13.1. The van der Waals surface area contributed by atoms with Crippen LogP contribution in [0.1, 0.15) is 12.5 Å². The second kappa shape index (κ2) is 9.64. The van der Waals surface area contributed by atoms with Gasteiger partial charge < -0.3 is 14.8 Å². The van der Waals surface area contributed by atoms with Crippen molar-refractivity contribution in [1.82, 2.24) is 19.9 Å². The lowest BCUT2D eigenvalue weighted by Gasteiger charge is -2.12. The van der Waals surface area contributed by atoms with Crippen LogP contribution in [0.2, 0.25) is 5.02 Å². The van der Waals surface area contributed by atoms with Gasteiger partial charge in [0, 0.05) is 12.1 Å². The molecular formula is C22H16ClF4N5O2. The van der Waals surface area contributed by atoms with Gasteiger partial charge in [0.05, 0.1) is 23.5 Å². The first kappa shape index (κ1) is 23.4. The van der Waals surface area contributed by atoms with E-state index in [0.717, 1.165) is 17.7 Å². The van der Waals surface area contributed by atoms with Gasteiger partial charge in [0.15, 0.2) is 11.2 Å². The van der Waals surface area contributed by atoms with Crippen LogP contribution in [-0.4, -0.2) is 32.9 Å². The van der Waals surface area contributed by atoms with E-state index in [-0.39, 0.29) is 51.7 Å². The summed E-state index contributed by atoms with van der Waals surface area (Å²) in [5, 5.41) is 3.17. The number of hydrogen-bond acceptors (Lipinski definition) is 7. The molecule has 4 rings (SSSR count). The van der Waals surface area contributed by atoms with Crippen LogP contribution in [0.25, 0.3) is 22.4 Å². The molecule has 0 fully saturated rings. The van der Waals surface area contributed by atoms with E-state index < -0.39 is 12.1 Å². The highest BCUT2D eigenvalue weighted by Crippen LogP contribution is 2.34. The minimum Gasteiger partial charge on any atom is -0.476 e. The average Bonchev–Trinajstić information content (AvgIpc) is 2.79. The van der Waals surface area contributed by atoms with E-state index in [1.165, 1.54) is 24.4 Å². The molecule has 0 saturated heterocycles. The Morgan fingerprint density at radius 1 is 1.03 bits per heavy atom. The van der Waals surface area contributed by atoms with Crippen LogP contribution in [-0.2, 0) is 6.54 Å². The number of alkyl halides is 3. The van der Waals surface area contributed by atoms with Gasteiger partial charge in [-0.2, -0.15) is 9.97 Å². The molecule has 2 aromatic heterocycles. The molecule has 1 N–H and O–H groups in total. The maximum Gasteiger partial charge on any atom is 0.573 e. The molecule has 176 valence electrons. The molecule has 0 bridgehead atoms. The Morgan fingerprint density at radius 2 is 1.79 bits per heavy atom. The number of nitrogens with one attached hydrogen (secondary N) is 1. The molecule has 0 radical (unpaired) electrons. The van der Waals surface area contributed by atoms with Gasteiger partial charge in [-0.1, -0.05) is 23.7 Å². The Hall–Kier alpha value is -3.73. The van der Waals surface area contributed by atoms with Gasteiger partial charge in [-0.15, -0.1) is 13.2 Å². The van der Waals surface area contributed by atoms with Crippen molar-refractivity contribution in [2.24, 2.45) is 0 Å². The summed E-state index contributed by atoms with van der Waals surface area (Å²) >= 11 is 6.19. The lowest BCUT2D eigenvalue weighted by Crippen LogP contribution is -2.17. The van der Waals surface area contributed by atoms with Crippen molar-refractivity contribution in [2.75, 3.05) is 11.9 Å². The average molecular weight is 494 g/mol. The topological polar surface area (TPSA) is 82.0 Å². The fourth-order valence-electron chi connectivity index (χ4n) is 3.01. The molecule has 0 aliphatic heterocycles. The zero-order valence-electron chi connectivity index (χ0n) is 17.5. The molecule has 0 saturated carbocycles.